The van der Waals surface area contributed by atoms with Gasteiger partial charge >= 0.3 is 5.69 Å². The monoisotopic (exact) mass is 290 g/mol. The predicted octanol–water partition coefficient (Wildman–Crippen LogP) is 1.07. The highest BCUT2D eigenvalue weighted by molar-refractivity contribution is 6.00. The van der Waals surface area contributed by atoms with Gasteiger partial charge in [-0.05, 0) is 19.1 Å². The third kappa shape index (κ3) is 3.32. The maximum Gasteiger partial charge on any atom is 0.305 e. The number of para-hydroxylation sites is 1. The van der Waals surface area contributed by atoms with Gasteiger partial charge in [0.1, 0.15) is 23.4 Å². The average molecular weight is 290 g/mol. The van der Waals surface area contributed by atoms with Gasteiger partial charge < -0.3 is 10.6 Å². The fourth-order valence-electron chi connectivity index (χ4n) is 1.83. The van der Waals surface area contributed by atoms with Crippen molar-refractivity contribution in [1.82, 2.24) is 20.5 Å². The molecule has 3 N–H and O–H groups in total. The molecule has 0 aliphatic heterocycles. The van der Waals surface area contributed by atoms with Crippen molar-refractivity contribution in [2.24, 2.45) is 0 Å². The highest BCUT2D eigenvalue weighted by Crippen LogP contribution is 2.28. The van der Waals surface area contributed by atoms with Crippen molar-refractivity contribution in [2.75, 3.05) is 11.9 Å². The number of nitrogens with one attached hydrogen (secondary N) is 3. The molecule has 2 aromatic rings. The highest BCUT2D eigenvalue weighted by Gasteiger charge is 2.24. The molecule has 0 fully saturated rings. The smallest absolute Gasteiger partial charge is 0.305 e. The zero-order valence-corrected chi connectivity index (χ0v) is 11.3. The SMILES string of the molecule is CCNc1cccc(C(=O)NCc2ncn[nH]2)c1[N+](=O)[O-]. The summed E-state index contributed by atoms with van der Waals surface area (Å²) >= 11 is 0. The number of benzene rings is 1. The third-order valence-corrected chi connectivity index (χ3v) is 2.71. The maximum atomic E-state index is 12.1. The third-order valence-electron chi connectivity index (χ3n) is 2.71. The van der Waals surface area contributed by atoms with Crippen molar-refractivity contribution in [3.63, 3.8) is 0 Å². The Kier molecular flexibility index (Phi) is 4.44. The first kappa shape index (κ1) is 14.4. The molecule has 0 saturated carbocycles. The Morgan fingerprint density at radius 2 is 2.29 bits per heavy atom. The summed E-state index contributed by atoms with van der Waals surface area (Å²) in [7, 11) is 0. The van der Waals surface area contributed by atoms with E-state index in [1.54, 1.807) is 12.1 Å². The normalized spacial score (nSPS) is 10.1. The van der Waals surface area contributed by atoms with Gasteiger partial charge in [0.15, 0.2) is 0 Å². The minimum atomic E-state index is -0.568. The summed E-state index contributed by atoms with van der Waals surface area (Å²) in [5, 5.41) is 22.9. The molecular weight excluding hydrogens is 276 g/mol. The fraction of sp³-hybridized carbons (Fsp3) is 0.250. The first-order chi connectivity index (χ1) is 10.1. The number of H-pyrrole nitrogens is 1. The second kappa shape index (κ2) is 6.46. The standard InChI is InChI=1S/C12H14N6O3/c1-2-13-9-5-3-4-8(11(9)18(20)21)12(19)14-6-10-15-7-16-17-10/h3-5,7,13H,2,6H2,1H3,(H,14,19)(H,15,16,17). The summed E-state index contributed by atoms with van der Waals surface area (Å²) in [5.41, 5.74) is 0.0715. The Morgan fingerprint density at radius 3 is 2.90 bits per heavy atom. The molecule has 9 heteroatoms. The number of anilines is 1. The number of rotatable bonds is 6. The Hall–Kier alpha value is -2.97. The second-order valence-electron chi connectivity index (χ2n) is 4.10. The summed E-state index contributed by atoms with van der Waals surface area (Å²) < 4.78 is 0. The molecule has 0 aliphatic rings. The molecule has 0 radical (unpaired) electrons. The minimum Gasteiger partial charge on any atom is -0.380 e. The van der Waals surface area contributed by atoms with E-state index in [-0.39, 0.29) is 17.8 Å². The zero-order chi connectivity index (χ0) is 15.2. The topological polar surface area (TPSA) is 126 Å². The van der Waals surface area contributed by atoms with E-state index in [0.717, 1.165) is 0 Å². The molecule has 1 aromatic carbocycles. The van der Waals surface area contributed by atoms with Crippen LogP contribution in [0.3, 0.4) is 0 Å². The van der Waals surface area contributed by atoms with E-state index in [2.05, 4.69) is 25.8 Å². The van der Waals surface area contributed by atoms with Gasteiger partial charge in [-0.3, -0.25) is 20.0 Å². The summed E-state index contributed by atoms with van der Waals surface area (Å²) in [4.78, 5) is 26.6. The molecule has 1 aromatic heterocycles. The molecule has 2 rings (SSSR count). The lowest BCUT2D eigenvalue weighted by Gasteiger charge is -2.08. The summed E-state index contributed by atoms with van der Waals surface area (Å²) in [6, 6.07) is 4.57. The lowest BCUT2D eigenvalue weighted by atomic mass is 10.1. The molecule has 0 unspecified atom stereocenters. The average Bonchev–Trinajstić information content (AvgIpc) is 2.98. The van der Waals surface area contributed by atoms with Crippen LogP contribution >= 0.6 is 0 Å². The molecule has 110 valence electrons. The maximum absolute atomic E-state index is 12.1. The number of carbonyl (C=O) groups excluding carboxylic acids is 1. The molecule has 0 aliphatic carbocycles. The predicted molar refractivity (Wildman–Crippen MR) is 74.8 cm³/mol. The van der Waals surface area contributed by atoms with Gasteiger partial charge in [-0.25, -0.2) is 4.98 Å². The molecule has 1 heterocycles. The van der Waals surface area contributed by atoms with Crippen molar-refractivity contribution in [1.29, 1.82) is 0 Å². The van der Waals surface area contributed by atoms with Gasteiger partial charge in [-0.15, -0.1) is 0 Å². The Labute approximate surface area is 119 Å². The van der Waals surface area contributed by atoms with E-state index in [1.165, 1.54) is 12.4 Å². The van der Waals surface area contributed by atoms with Crippen LogP contribution in [0.25, 0.3) is 0 Å². The van der Waals surface area contributed by atoms with Crippen LogP contribution in [-0.2, 0) is 6.54 Å². The van der Waals surface area contributed by atoms with E-state index in [9.17, 15) is 14.9 Å². The van der Waals surface area contributed by atoms with E-state index in [4.69, 9.17) is 0 Å². The number of carbonyl (C=O) groups is 1. The molecule has 0 spiro atoms. The van der Waals surface area contributed by atoms with Gasteiger partial charge in [0, 0.05) is 6.54 Å². The van der Waals surface area contributed by atoms with E-state index in [0.29, 0.717) is 18.1 Å². The van der Waals surface area contributed by atoms with Gasteiger partial charge in [-0.2, -0.15) is 5.10 Å². The van der Waals surface area contributed by atoms with Crippen molar-refractivity contribution >= 4 is 17.3 Å². The first-order valence-electron chi connectivity index (χ1n) is 6.27. The molecule has 0 saturated heterocycles. The van der Waals surface area contributed by atoms with Crippen molar-refractivity contribution in [2.45, 2.75) is 13.5 Å². The summed E-state index contributed by atoms with van der Waals surface area (Å²) in [6.07, 6.45) is 1.32. The number of nitro benzene ring substituents is 1. The Bertz CT molecular complexity index is 640. The number of nitrogens with zero attached hydrogens (tertiary/aromatic N) is 3. The van der Waals surface area contributed by atoms with Crippen molar-refractivity contribution in [3.8, 4) is 0 Å². The van der Waals surface area contributed by atoms with Crippen molar-refractivity contribution in [3.05, 3.63) is 46.0 Å². The Balaban J connectivity index is 2.23. The quantitative estimate of drug-likeness (QED) is 0.539. The van der Waals surface area contributed by atoms with Gasteiger partial charge in [0.25, 0.3) is 5.91 Å². The summed E-state index contributed by atoms with van der Waals surface area (Å²) in [6.45, 7) is 2.45. The number of nitro groups is 1. The minimum absolute atomic E-state index is 0.00188. The van der Waals surface area contributed by atoms with Crippen LogP contribution in [0.5, 0.6) is 0 Å². The van der Waals surface area contributed by atoms with Crippen LogP contribution in [0, 0.1) is 10.1 Å². The molecule has 1 amide bonds. The first-order valence-corrected chi connectivity index (χ1v) is 6.27. The Morgan fingerprint density at radius 1 is 1.48 bits per heavy atom. The molecule has 0 atom stereocenters. The van der Waals surface area contributed by atoms with Crippen molar-refractivity contribution < 1.29 is 9.72 Å². The van der Waals surface area contributed by atoms with Crippen LogP contribution < -0.4 is 10.6 Å². The van der Waals surface area contributed by atoms with Gasteiger partial charge in [0.2, 0.25) is 0 Å². The number of hydrogen-bond donors (Lipinski definition) is 3. The van der Waals surface area contributed by atoms with Crippen LogP contribution in [-0.4, -0.2) is 32.6 Å². The molecule has 21 heavy (non-hydrogen) atoms. The largest absolute Gasteiger partial charge is 0.380 e. The lowest BCUT2D eigenvalue weighted by Crippen LogP contribution is -2.24. The van der Waals surface area contributed by atoms with Gasteiger partial charge in [0.05, 0.1) is 11.5 Å². The number of aromatic amines is 1. The van der Waals surface area contributed by atoms with E-state index >= 15 is 0 Å². The molecule has 0 bridgehead atoms. The molecule has 9 nitrogen and oxygen atoms in total. The van der Waals surface area contributed by atoms with E-state index in [1.807, 2.05) is 6.92 Å². The van der Waals surface area contributed by atoms with Crippen LogP contribution in [0.4, 0.5) is 11.4 Å². The second-order valence-corrected chi connectivity index (χ2v) is 4.10. The number of amides is 1. The van der Waals surface area contributed by atoms with Gasteiger partial charge in [-0.1, -0.05) is 6.07 Å². The number of hydrogen-bond acceptors (Lipinski definition) is 6. The summed E-state index contributed by atoms with van der Waals surface area (Å²) in [5.74, 6) is -0.0771. The lowest BCUT2D eigenvalue weighted by molar-refractivity contribution is -0.384. The fourth-order valence-corrected chi connectivity index (χ4v) is 1.83. The zero-order valence-electron chi connectivity index (χ0n) is 11.3. The molecular formula is C12H14N6O3. The van der Waals surface area contributed by atoms with Crippen LogP contribution in [0.2, 0.25) is 0 Å². The van der Waals surface area contributed by atoms with Crippen LogP contribution in [0.1, 0.15) is 23.1 Å². The van der Waals surface area contributed by atoms with E-state index < -0.39 is 10.8 Å². The van der Waals surface area contributed by atoms with Crippen LogP contribution in [0.15, 0.2) is 24.5 Å². The highest BCUT2D eigenvalue weighted by atomic mass is 16.6. The number of aromatic nitrogens is 3.